The van der Waals surface area contributed by atoms with Crippen molar-refractivity contribution in [1.82, 2.24) is 0 Å². The van der Waals surface area contributed by atoms with Crippen molar-refractivity contribution in [3.8, 4) is 0 Å². The van der Waals surface area contributed by atoms with E-state index in [0.717, 1.165) is 13.2 Å². The third kappa shape index (κ3) is 3.46. The summed E-state index contributed by atoms with van der Waals surface area (Å²) in [4.78, 5) is 0. The molecule has 2 aromatic carbocycles. The monoisotopic (exact) mass is 364 g/mol. The van der Waals surface area contributed by atoms with Gasteiger partial charge in [0.2, 0.25) is 0 Å². The third-order valence-corrected chi connectivity index (χ3v) is 7.32. The van der Waals surface area contributed by atoms with Gasteiger partial charge < -0.3 is 9.47 Å². The second kappa shape index (κ2) is 8.16. The average molecular weight is 365 g/mol. The molecule has 0 N–H and O–H groups in total. The Balaban J connectivity index is 1.73. The Hall–Kier alpha value is -1.64. The summed E-state index contributed by atoms with van der Waals surface area (Å²) < 4.78 is 11.4. The molecule has 0 unspecified atom stereocenters. The molecule has 0 aliphatic heterocycles. The van der Waals surface area contributed by atoms with Crippen LogP contribution in [0.2, 0.25) is 0 Å². The maximum absolute atomic E-state index is 5.69. The van der Waals surface area contributed by atoms with E-state index in [1.807, 2.05) is 14.2 Å². The molecule has 2 heteroatoms. The molecule has 2 nitrogen and oxygen atoms in total. The van der Waals surface area contributed by atoms with Gasteiger partial charge in [-0.15, -0.1) is 0 Å². The molecule has 0 heterocycles. The highest BCUT2D eigenvalue weighted by Crippen LogP contribution is 2.65. The van der Waals surface area contributed by atoms with Crippen LogP contribution < -0.4 is 0 Å². The fourth-order valence-electron chi connectivity index (χ4n) is 6.49. The zero-order valence-electron chi connectivity index (χ0n) is 16.6. The van der Waals surface area contributed by atoms with Crippen LogP contribution in [0.3, 0.4) is 0 Å². The van der Waals surface area contributed by atoms with Crippen LogP contribution in [0.4, 0.5) is 0 Å². The number of rotatable bonds is 8. The zero-order chi connectivity index (χ0) is 18.7. The fourth-order valence-corrected chi connectivity index (χ4v) is 6.49. The van der Waals surface area contributed by atoms with E-state index in [4.69, 9.17) is 9.47 Å². The SMILES string of the molecule is COC[C@@H]1[C@H](COC)[C@@H]2CC[C@@H]1C2(Cc1ccccc1)Cc1ccccc1. The minimum absolute atomic E-state index is 0.315. The average Bonchev–Trinajstić information content (AvgIpc) is 3.14. The van der Waals surface area contributed by atoms with Gasteiger partial charge in [-0.2, -0.15) is 0 Å². The molecule has 2 aliphatic rings. The predicted octanol–water partition coefficient (Wildman–Crippen LogP) is 5.02. The lowest BCUT2D eigenvalue weighted by Crippen LogP contribution is -2.34. The molecule has 4 rings (SSSR count). The summed E-state index contributed by atoms with van der Waals surface area (Å²) in [5.41, 5.74) is 3.26. The Morgan fingerprint density at radius 3 is 1.48 bits per heavy atom. The topological polar surface area (TPSA) is 18.5 Å². The van der Waals surface area contributed by atoms with E-state index in [1.165, 1.54) is 36.8 Å². The maximum Gasteiger partial charge on any atom is 0.0496 e. The Bertz CT molecular complexity index is 648. The molecule has 2 aromatic rings. The van der Waals surface area contributed by atoms with Gasteiger partial charge in [-0.05, 0) is 65.9 Å². The summed E-state index contributed by atoms with van der Waals surface area (Å²) in [7, 11) is 3.71. The summed E-state index contributed by atoms with van der Waals surface area (Å²) >= 11 is 0. The molecule has 144 valence electrons. The highest BCUT2D eigenvalue weighted by molar-refractivity contribution is 5.26. The molecule has 0 amide bonds. The minimum Gasteiger partial charge on any atom is -0.384 e. The third-order valence-electron chi connectivity index (χ3n) is 7.32. The van der Waals surface area contributed by atoms with Crippen LogP contribution in [0.25, 0.3) is 0 Å². The predicted molar refractivity (Wildman–Crippen MR) is 110 cm³/mol. The van der Waals surface area contributed by atoms with Crippen molar-refractivity contribution < 1.29 is 9.47 Å². The smallest absolute Gasteiger partial charge is 0.0496 e. The molecule has 4 atom stereocenters. The lowest BCUT2D eigenvalue weighted by Gasteiger charge is -2.36. The van der Waals surface area contributed by atoms with E-state index >= 15 is 0 Å². The number of benzene rings is 2. The first-order chi connectivity index (χ1) is 13.3. The number of hydrogen-bond acceptors (Lipinski definition) is 2. The van der Waals surface area contributed by atoms with Crippen LogP contribution in [0.1, 0.15) is 24.0 Å². The van der Waals surface area contributed by atoms with Gasteiger partial charge in [-0.3, -0.25) is 0 Å². The molecule has 27 heavy (non-hydrogen) atoms. The second-order valence-electron chi connectivity index (χ2n) is 8.59. The summed E-state index contributed by atoms with van der Waals surface area (Å²) in [6.45, 7) is 1.72. The van der Waals surface area contributed by atoms with Crippen LogP contribution in [-0.2, 0) is 22.3 Å². The second-order valence-corrected chi connectivity index (χ2v) is 8.59. The molecular formula is C25H32O2. The molecule has 2 bridgehead atoms. The quantitative estimate of drug-likeness (QED) is 0.654. The van der Waals surface area contributed by atoms with E-state index < -0.39 is 0 Å². The lowest BCUT2D eigenvalue weighted by atomic mass is 9.68. The Morgan fingerprint density at radius 1 is 0.704 bits per heavy atom. The summed E-state index contributed by atoms with van der Waals surface area (Å²) in [5.74, 6) is 2.65. The van der Waals surface area contributed by atoms with E-state index in [9.17, 15) is 0 Å². The lowest BCUT2D eigenvalue weighted by molar-refractivity contribution is 0.0404. The van der Waals surface area contributed by atoms with Gasteiger partial charge in [-0.1, -0.05) is 60.7 Å². The molecule has 0 aromatic heterocycles. The van der Waals surface area contributed by atoms with Gasteiger partial charge in [0.25, 0.3) is 0 Å². The van der Waals surface area contributed by atoms with Crippen molar-refractivity contribution in [3.05, 3.63) is 71.8 Å². The van der Waals surface area contributed by atoms with E-state index in [0.29, 0.717) is 29.1 Å². The fraction of sp³-hybridized carbons (Fsp3) is 0.520. The van der Waals surface area contributed by atoms with Crippen molar-refractivity contribution >= 4 is 0 Å². The van der Waals surface area contributed by atoms with Crippen molar-refractivity contribution in [1.29, 1.82) is 0 Å². The standard InChI is InChI=1S/C25H32O2/c1-26-17-21-22(18-27-2)24-14-13-23(21)25(24,15-19-9-5-3-6-10-19)16-20-11-7-4-8-12-20/h3-12,21-24H,13-18H2,1-2H3/t21-,22+,23-,24-/m0/s1. The zero-order valence-corrected chi connectivity index (χ0v) is 16.6. The van der Waals surface area contributed by atoms with Gasteiger partial charge >= 0.3 is 0 Å². The summed E-state index contributed by atoms with van der Waals surface area (Å²) in [6.07, 6.45) is 4.99. The van der Waals surface area contributed by atoms with E-state index in [-0.39, 0.29) is 0 Å². The van der Waals surface area contributed by atoms with Gasteiger partial charge in [0, 0.05) is 27.4 Å². The molecule has 0 spiro atoms. The molecule has 2 fully saturated rings. The molecule has 2 saturated carbocycles. The Labute approximate surface area is 163 Å². The number of ether oxygens (including phenoxy) is 2. The first-order valence-electron chi connectivity index (χ1n) is 10.3. The van der Waals surface area contributed by atoms with Gasteiger partial charge in [0.05, 0.1) is 0 Å². The van der Waals surface area contributed by atoms with Crippen LogP contribution >= 0.6 is 0 Å². The summed E-state index contributed by atoms with van der Waals surface area (Å²) in [5, 5.41) is 0. The van der Waals surface area contributed by atoms with Crippen LogP contribution in [0, 0.1) is 29.1 Å². The minimum atomic E-state index is 0.315. The highest BCUT2D eigenvalue weighted by Gasteiger charge is 2.62. The molecule has 2 aliphatic carbocycles. The van der Waals surface area contributed by atoms with Gasteiger partial charge in [0.15, 0.2) is 0 Å². The van der Waals surface area contributed by atoms with E-state index in [2.05, 4.69) is 60.7 Å². The number of methoxy groups -OCH3 is 2. The largest absolute Gasteiger partial charge is 0.384 e. The number of hydrogen-bond donors (Lipinski definition) is 0. The Kier molecular flexibility index (Phi) is 5.66. The maximum atomic E-state index is 5.69. The van der Waals surface area contributed by atoms with Crippen LogP contribution in [0.5, 0.6) is 0 Å². The first-order valence-corrected chi connectivity index (χ1v) is 10.3. The first kappa shape index (κ1) is 18.7. The highest BCUT2D eigenvalue weighted by atomic mass is 16.5. The van der Waals surface area contributed by atoms with Crippen LogP contribution in [-0.4, -0.2) is 27.4 Å². The molecule has 0 radical (unpaired) electrons. The number of fused-ring (bicyclic) bond motifs is 2. The molecular weight excluding hydrogens is 332 g/mol. The van der Waals surface area contributed by atoms with Crippen molar-refractivity contribution in [2.24, 2.45) is 29.1 Å². The normalized spacial score (nSPS) is 28.5. The van der Waals surface area contributed by atoms with E-state index in [1.54, 1.807) is 0 Å². The Morgan fingerprint density at radius 2 is 1.11 bits per heavy atom. The molecule has 0 saturated heterocycles. The van der Waals surface area contributed by atoms with Crippen molar-refractivity contribution in [3.63, 3.8) is 0 Å². The van der Waals surface area contributed by atoms with Gasteiger partial charge in [0.1, 0.15) is 0 Å². The van der Waals surface area contributed by atoms with Crippen molar-refractivity contribution in [2.45, 2.75) is 25.7 Å². The van der Waals surface area contributed by atoms with Crippen LogP contribution in [0.15, 0.2) is 60.7 Å². The summed E-state index contributed by atoms with van der Waals surface area (Å²) in [6, 6.07) is 22.2. The van der Waals surface area contributed by atoms with Gasteiger partial charge in [-0.25, -0.2) is 0 Å². The van der Waals surface area contributed by atoms with Crippen molar-refractivity contribution in [2.75, 3.05) is 27.4 Å².